The number of nitrogens with zero attached hydrogens (tertiary/aromatic N) is 1. The second-order valence-corrected chi connectivity index (χ2v) is 4.28. The molecule has 1 heterocycles. The summed E-state index contributed by atoms with van der Waals surface area (Å²) in [7, 11) is 1.58. The first-order valence-corrected chi connectivity index (χ1v) is 6.12. The predicted octanol–water partition coefficient (Wildman–Crippen LogP) is 3.64. The summed E-state index contributed by atoms with van der Waals surface area (Å²) in [5.74, 6) is 2.14. The molecule has 0 atom stereocenters. The van der Waals surface area contributed by atoms with E-state index in [1.165, 1.54) is 0 Å². The molecule has 0 aliphatic carbocycles. The van der Waals surface area contributed by atoms with E-state index in [9.17, 15) is 0 Å². The third kappa shape index (κ3) is 3.91. The SMILES string of the molecule is COc1ccc(-c2ccc(CNCC#N)o2)cc1Cl.Cl. The zero-order valence-electron chi connectivity index (χ0n) is 10.9. The molecule has 0 radical (unpaired) electrons. The lowest BCUT2D eigenvalue weighted by molar-refractivity contribution is 0.415. The number of rotatable bonds is 5. The second-order valence-electron chi connectivity index (χ2n) is 3.88. The molecule has 0 saturated carbocycles. The van der Waals surface area contributed by atoms with Gasteiger partial charge in [-0.3, -0.25) is 5.32 Å². The maximum absolute atomic E-state index is 8.44. The molecule has 2 rings (SSSR count). The fraction of sp³-hybridized carbons (Fsp3) is 0.214. The van der Waals surface area contributed by atoms with E-state index in [1.54, 1.807) is 19.2 Å². The molecule has 20 heavy (non-hydrogen) atoms. The number of methoxy groups -OCH3 is 1. The van der Waals surface area contributed by atoms with Gasteiger partial charge in [0.25, 0.3) is 0 Å². The van der Waals surface area contributed by atoms with Gasteiger partial charge in [-0.2, -0.15) is 5.26 Å². The lowest BCUT2D eigenvalue weighted by Gasteiger charge is -2.04. The molecule has 0 amide bonds. The Hall–Kier alpha value is -1.67. The quantitative estimate of drug-likeness (QED) is 0.676. The minimum Gasteiger partial charge on any atom is -0.495 e. The van der Waals surface area contributed by atoms with Gasteiger partial charge in [-0.25, -0.2) is 0 Å². The van der Waals surface area contributed by atoms with Crippen LogP contribution in [-0.2, 0) is 6.54 Å². The molecule has 0 spiro atoms. The van der Waals surface area contributed by atoms with E-state index < -0.39 is 0 Å². The molecule has 6 heteroatoms. The molecule has 1 aromatic carbocycles. The number of hydrogen-bond donors (Lipinski definition) is 1. The monoisotopic (exact) mass is 312 g/mol. The number of nitrogens with one attached hydrogen (secondary N) is 1. The molecule has 0 unspecified atom stereocenters. The van der Waals surface area contributed by atoms with Crippen molar-refractivity contribution in [3.63, 3.8) is 0 Å². The molecule has 2 aromatic rings. The third-order valence-electron chi connectivity index (χ3n) is 2.60. The van der Waals surface area contributed by atoms with Gasteiger partial charge >= 0.3 is 0 Å². The highest BCUT2D eigenvalue weighted by atomic mass is 35.5. The highest BCUT2D eigenvalue weighted by molar-refractivity contribution is 6.32. The molecule has 0 fully saturated rings. The fourth-order valence-corrected chi connectivity index (χ4v) is 1.95. The Bertz CT molecular complexity index is 605. The van der Waals surface area contributed by atoms with Gasteiger partial charge in [0, 0.05) is 5.56 Å². The highest BCUT2D eigenvalue weighted by Crippen LogP contribution is 2.30. The average Bonchev–Trinajstić information content (AvgIpc) is 2.88. The number of benzene rings is 1. The van der Waals surface area contributed by atoms with Crippen LogP contribution in [0.2, 0.25) is 5.02 Å². The molecule has 0 aliphatic rings. The Kier molecular flexibility index (Phi) is 6.40. The van der Waals surface area contributed by atoms with Crippen molar-refractivity contribution in [3.05, 3.63) is 41.1 Å². The third-order valence-corrected chi connectivity index (χ3v) is 2.90. The van der Waals surface area contributed by atoms with Crippen molar-refractivity contribution in [2.45, 2.75) is 6.54 Å². The first-order valence-electron chi connectivity index (χ1n) is 5.75. The van der Waals surface area contributed by atoms with Crippen LogP contribution < -0.4 is 10.1 Å². The van der Waals surface area contributed by atoms with Crippen molar-refractivity contribution < 1.29 is 9.15 Å². The van der Waals surface area contributed by atoms with Crippen LogP contribution in [0.3, 0.4) is 0 Å². The van der Waals surface area contributed by atoms with Gasteiger partial charge in [-0.05, 0) is 30.3 Å². The van der Waals surface area contributed by atoms with Crippen LogP contribution in [0.4, 0.5) is 0 Å². The Morgan fingerprint density at radius 3 is 2.80 bits per heavy atom. The maximum Gasteiger partial charge on any atom is 0.137 e. The number of nitriles is 1. The minimum atomic E-state index is 0. The van der Waals surface area contributed by atoms with Gasteiger partial charge in [0.05, 0.1) is 31.3 Å². The van der Waals surface area contributed by atoms with Crippen LogP contribution in [0.5, 0.6) is 5.75 Å². The summed E-state index contributed by atoms with van der Waals surface area (Å²) in [6.07, 6.45) is 0. The lowest BCUT2D eigenvalue weighted by atomic mass is 10.2. The molecule has 0 aliphatic heterocycles. The van der Waals surface area contributed by atoms with Crippen LogP contribution in [0.15, 0.2) is 34.7 Å². The van der Waals surface area contributed by atoms with E-state index in [0.29, 0.717) is 23.9 Å². The normalized spacial score (nSPS) is 9.65. The van der Waals surface area contributed by atoms with Crippen molar-refractivity contribution in [2.24, 2.45) is 0 Å². The Labute approximate surface area is 128 Å². The van der Waals surface area contributed by atoms with Gasteiger partial charge in [0.15, 0.2) is 0 Å². The van der Waals surface area contributed by atoms with E-state index in [1.807, 2.05) is 24.3 Å². The minimum absolute atomic E-state index is 0. The van der Waals surface area contributed by atoms with Crippen LogP contribution in [0.1, 0.15) is 5.76 Å². The van der Waals surface area contributed by atoms with Gasteiger partial charge < -0.3 is 9.15 Å². The van der Waals surface area contributed by atoms with E-state index >= 15 is 0 Å². The van der Waals surface area contributed by atoms with E-state index in [4.69, 9.17) is 26.0 Å². The first-order chi connectivity index (χ1) is 9.24. The maximum atomic E-state index is 8.44. The summed E-state index contributed by atoms with van der Waals surface area (Å²) in [5.41, 5.74) is 0.886. The van der Waals surface area contributed by atoms with Crippen molar-refractivity contribution in [1.82, 2.24) is 5.32 Å². The average molecular weight is 313 g/mol. The molecule has 0 bridgehead atoms. The topological polar surface area (TPSA) is 58.2 Å². The zero-order valence-corrected chi connectivity index (χ0v) is 12.4. The van der Waals surface area contributed by atoms with Crippen molar-refractivity contribution in [1.29, 1.82) is 5.26 Å². The van der Waals surface area contributed by atoms with Gasteiger partial charge in [-0.15, -0.1) is 12.4 Å². The Morgan fingerprint density at radius 1 is 1.35 bits per heavy atom. The Balaban J connectivity index is 0.00000200. The molecule has 4 nitrogen and oxygen atoms in total. The second kappa shape index (κ2) is 7.81. The van der Waals surface area contributed by atoms with E-state index in [-0.39, 0.29) is 12.4 Å². The summed E-state index contributed by atoms with van der Waals surface area (Å²) < 4.78 is 10.8. The molecule has 0 saturated heterocycles. The fourth-order valence-electron chi connectivity index (χ4n) is 1.69. The largest absolute Gasteiger partial charge is 0.495 e. The van der Waals surface area contributed by atoms with Gasteiger partial charge in [-0.1, -0.05) is 11.6 Å². The predicted molar refractivity (Wildman–Crippen MR) is 80.3 cm³/mol. The van der Waals surface area contributed by atoms with Crippen LogP contribution >= 0.6 is 24.0 Å². The smallest absolute Gasteiger partial charge is 0.137 e. The number of ether oxygens (including phenoxy) is 1. The summed E-state index contributed by atoms with van der Waals surface area (Å²) >= 11 is 6.07. The molecule has 1 N–H and O–H groups in total. The first kappa shape index (κ1) is 16.4. The van der Waals surface area contributed by atoms with Crippen LogP contribution in [-0.4, -0.2) is 13.7 Å². The summed E-state index contributed by atoms with van der Waals surface area (Å²) in [6, 6.07) is 11.2. The lowest BCUT2D eigenvalue weighted by Crippen LogP contribution is -2.12. The summed E-state index contributed by atoms with van der Waals surface area (Å²) in [4.78, 5) is 0. The van der Waals surface area contributed by atoms with Crippen molar-refractivity contribution >= 4 is 24.0 Å². The van der Waals surface area contributed by atoms with Crippen molar-refractivity contribution in [2.75, 3.05) is 13.7 Å². The van der Waals surface area contributed by atoms with Gasteiger partial charge in [0.2, 0.25) is 0 Å². The van der Waals surface area contributed by atoms with Crippen LogP contribution in [0, 0.1) is 11.3 Å². The molecule has 106 valence electrons. The van der Waals surface area contributed by atoms with Crippen LogP contribution in [0.25, 0.3) is 11.3 Å². The van der Waals surface area contributed by atoms with Gasteiger partial charge in [0.1, 0.15) is 17.3 Å². The highest BCUT2D eigenvalue weighted by Gasteiger charge is 2.07. The van der Waals surface area contributed by atoms with Crippen molar-refractivity contribution in [3.8, 4) is 23.1 Å². The summed E-state index contributed by atoms with van der Waals surface area (Å²) in [6.45, 7) is 0.821. The zero-order chi connectivity index (χ0) is 13.7. The summed E-state index contributed by atoms with van der Waals surface area (Å²) in [5, 5.41) is 11.9. The molecular weight excluding hydrogens is 299 g/mol. The Morgan fingerprint density at radius 2 is 2.15 bits per heavy atom. The standard InChI is InChI=1S/C14H13ClN2O2.ClH/c1-18-14-4-2-10(8-12(14)15)13-5-3-11(19-13)9-17-7-6-16;/h2-5,8,17H,7,9H2,1H3;1H. The van der Waals surface area contributed by atoms with E-state index in [2.05, 4.69) is 5.32 Å². The molecular formula is C14H14Cl2N2O2. The number of halogens is 2. The number of hydrogen-bond acceptors (Lipinski definition) is 4. The van der Waals surface area contributed by atoms with E-state index in [0.717, 1.165) is 17.1 Å². The molecule has 1 aromatic heterocycles. The number of furan rings is 1.